The van der Waals surface area contributed by atoms with Gasteiger partial charge in [0.15, 0.2) is 9.84 Å². The standard InChI is InChI=1S/C18H13ClF4N2O2S/c1-9-3-4-10(5-11(9)19)15-8-14(18(22)23)24-25(15)16-6-13(21)17(7-12(16)20)28(2,26)27/h3-8,18H,1-2H3. The summed E-state index contributed by atoms with van der Waals surface area (Å²) in [4.78, 5) is -0.838. The molecular formula is C18H13ClF4N2O2S. The second-order valence-electron chi connectivity index (χ2n) is 6.14. The van der Waals surface area contributed by atoms with Gasteiger partial charge in [-0.1, -0.05) is 23.7 Å². The zero-order chi connectivity index (χ0) is 20.8. The maximum absolute atomic E-state index is 14.6. The maximum Gasteiger partial charge on any atom is 0.282 e. The van der Waals surface area contributed by atoms with Crippen molar-refractivity contribution in [3.8, 4) is 16.9 Å². The zero-order valence-corrected chi connectivity index (χ0v) is 16.1. The lowest BCUT2D eigenvalue weighted by atomic mass is 10.1. The van der Waals surface area contributed by atoms with Crippen LogP contribution in [0, 0.1) is 18.6 Å². The summed E-state index contributed by atoms with van der Waals surface area (Å²) in [5, 5.41) is 4.02. The third-order valence-corrected chi connectivity index (χ3v) is 5.57. The summed E-state index contributed by atoms with van der Waals surface area (Å²) in [5.41, 5.74) is -0.0351. The molecule has 3 aromatic rings. The van der Waals surface area contributed by atoms with Crippen LogP contribution in [0.4, 0.5) is 17.6 Å². The van der Waals surface area contributed by atoms with Crippen LogP contribution < -0.4 is 0 Å². The van der Waals surface area contributed by atoms with E-state index in [-0.39, 0.29) is 5.69 Å². The predicted octanol–water partition coefficient (Wildman–Crippen LogP) is 5.12. The van der Waals surface area contributed by atoms with Crippen molar-refractivity contribution in [2.24, 2.45) is 0 Å². The summed E-state index contributed by atoms with van der Waals surface area (Å²) in [7, 11) is -4.02. The number of aryl methyl sites for hydroxylation is 1. The molecular weight excluding hydrogens is 420 g/mol. The Hall–Kier alpha value is -2.39. The highest BCUT2D eigenvalue weighted by molar-refractivity contribution is 7.90. The second kappa shape index (κ2) is 7.21. The van der Waals surface area contributed by atoms with E-state index in [2.05, 4.69) is 5.10 Å². The second-order valence-corrected chi connectivity index (χ2v) is 8.53. The summed E-state index contributed by atoms with van der Waals surface area (Å²) in [6.07, 6.45) is -2.23. The van der Waals surface area contributed by atoms with Crippen LogP contribution >= 0.6 is 11.6 Å². The average Bonchev–Trinajstić information content (AvgIpc) is 3.03. The molecule has 0 aliphatic heterocycles. The van der Waals surface area contributed by atoms with Crippen LogP contribution in [0.25, 0.3) is 16.9 Å². The molecule has 0 atom stereocenters. The molecule has 0 N–H and O–H groups in total. The summed E-state index contributed by atoms with van der Waals surface area (Å²) in [6.45, 7) is 1.74. The highest BCUT2D eigenvalue weighted by Gasteiger charge is 2.23. The van der Waals surface area contributed by atoms with Gasteiger partial charge in [-0.25, -0.2) is 30.7 Å². The Kier molecular flexibility index (Phi) is 5.24. The minimum atomic E-state index is -4.02. The predicted molar refractivity (Wildman–Crippen MR) is 96.7 cm³/mol. The first-order valence-corrected chi connectivity index (χ1v) is 10.1. The lowest BCUT2D eigenvalue weighted by molar-refractivity contribution is 0.145. The van der Waals surface area contributed by atoms with Gasteiger partial charge in [-0.2, -0.15) is 5.10 Å². The van der Waals surface area contributed by atoms with Gasteiger partial charge in [0.05, 0.1) is 5.69 Å². The number of hydrogen-bond donors (Lipinski definition) is 0. The van der Waals surface area contributed by atoms with E-state index in [1.165, 1.54) is 6.07 Å². The number of benzene rings is 2. The van der Waals surface area contributed by atoms with E-state index < -0.39 is 44.2 Å². The molecule has 0 amide bonds. The van der Waals surface area contributed by atoms with Crippen molar-refractivity contribution in [2.45, 2.75) is 18.2 Å². The van der Waals surface area contributed by atoms with E-state index in [9.17, 15) is 26.0 Å². The Morgan fingerprint density at radius 1 is 1.07 bits per heavy atom. The van der Waals surface area contributed by atoms with Crippen LogP contribution in [0.1, 0.15) is 17.7 Å². The number of alkyl halides is 2. The smallest absolute Gasteiger partial charge is 0.230 e. The van der Waals surface area contributed by atoms with Crippen LogP contribution in [0.15, 0.2) is 41.3 Å². The van der Waals surface area contributed by atoms with Crippen molar-refractivity contribution in [3.05, 3.63) is 64.3 Å². The summed E-state index contributed by atoms with van der Waals surface area (Å²) >= 11 is 6.08. The van der Waals surface area contributed by atoms with Gasteiger partial charge in [0, 0.05) is 22.9 Å². The SMILES string of the molecule is Cc1ccc(-c2cc(C(F)F)nn2-c2cc(F)c(S(C)(=O)=O)cc2F)cc1Cl. The van der Waals surface area contributed by atoms with Gasteiger partial charge in [0.25, 0.3) is 6.43 Å². The molecule has 0 radical (unpaired) electrons. The molecule has 28 heavy (non-hydrogen) atoms. The van der Waals surface area contributed by atoms with E-state index in [4.69, 9.17) is 11.6 Å². The molecule has 1 heterocycles. The molecule has 0 unspecified atom stereocenters. The fourth-order valence-corrected chi connectivity index (χ4v) is 3.52. The largest absolute Gasteiger partial charge is 0.282 e. The lowest BCUT2D eigenvalue weighted by Crippen LogP contribution is -2.08. The fraction of sp³-hybridized carbons (Fsp3) is 0.167. The Labute approximate surface area is 163 Å². The van der Waals surface area contributed by atoms with Crippen molar-refractivity contribution in [3.63, 3.8) is 0 Å². The minimum absolute atomic E-state index is 0.0441. The highest BCUT2D eigenvalue weighted by atomic mass is 35.5. The fourth-order valence-electron chi connectivity index (χ4n) is 2.61. The van der Waals surface area contributed by atoms with E-state index in [0.29, 0.717) is 22.7 Å². The number of rotatable bonds is 4. The molecule has 10 heteroatoms. The number of nitrogens with zero attached hydrogens (tertiary/aromatic N) is 2. The van der Waals surface area contributed by atoms with E-state index >= 15 is 0 Å². The lowest BCUT2D eigenvalue weighted by Gasteiger charge is -2.11. The monoisotopic (exact) mass is 432 g/mol. The summed E-state index contributed by atoms with van der Waals surface area (Å²) < 4.78 is 79.2. The Morgan fingerprint density at radius 2 is 1.75 bits per heavy atom. The third kappa shape index (κ3) is 3.77. The molecule has 1 aromatic heterocycles. The van der Waals surface area contributed by atoms with Crippen LogP contribution in [0.3, 0.4) is 0 Å². The molecule has 148 valence electrons. The maximum atomic E-state index is 14.6. The molecule has 3 rings (SSSR count). The molecule has 0 bridgehead atoms. The molecule has 0 aliphatic rings. The Bertz CT molecular complexity index is 1180. The first-order chi connectivity index (χ1) is 13.0. The quantitative estimate of drug-likeness (QED) is 0.538. The molecule has 0 fully saturated rings. The van der Waals surface area contributed by atoms with Gasteiger partial charge in [-0.05, 0) is 30.7 Å². The van der Waals surface area contributed by atoms with Crippen LogP contribution in [-0.2, 0) is 9.84 Å². The van der Waals surface area contributed by atoms with Crippen LogP contribution in [0.2, 0.25) is 5.02 Å². The van der Waals surface area contributed by atoms with E-state index in [0.717, 1.165) is 22.6 Å². The van der Waals surface area contributed by atoms with Gasteiger partial charge in [0.2, 0.25) is 0 Å². The molecule has 2 aromatic carbocycles. The van der Waals surface area contributed by atoms with Gasteiger partial charge >= 0.3 is 0 Å². The minimum Gasteiger partial charge on any atom is -0.230 e. The molecule has 0 spiro atoms. The van der Waals surface area contributed by atoms with Crippen molar-refractivity contribution >= 4 is 21.4 Å². The highest BCUT2D eigenvalue weighted by Crippen LogP contribution is 2.32. The van der Waals surface area contributed by atoms with Crippen molar-refractivity contribution in [1.29, 1.82) is 0 Å². The number of aromatic nitrogens is 2. The van der Waals surface area contributed by atoms with Crippen molar-refractivity contribution in [1.82, 2.24) is 9.78 Å². The van der Waals surface area contributed by atoms with Gasteiger partial charge in [-0.15, -0.1) is 0 Å². The zero-order valence-electron chi connectivity index (χ0n) is 14.6. The number of hydrogen-bond acceptors (Lipinski definition) is 3. The molecule has 0 aliphatic carbocycles. The first kappa shape index (κ1) is 20.3. The van der Waals surface area contributed by atoms with Crippen LogP contribution in [0.5, 0.6) is 0 Å². The summed E-state index contributed by atoms with van der Waals surface area (Å²) in [6, 6.07) is 6.83. The van der Waals surface area contributed by atoms with Crippen LogP contribution in [-0.4, -0.2) is 24.5 Å². The van der Waals surface area contributed by atoms with Gasteiger partial charge in [-0.3, -0.25) is 0 Å². The number of halogens is 5. The average molecular weight is 433 g/mol. The third-order valence-electron chi connectivity index (χ3n) is 4.05. The molecule has 4 nitrogen and oxygen atoms in total. The van der Waals surface area contributed by atoms with E-state index in [1.54, 1.807) is 19.1 Å². The first-order valence-electron chi connectivity index (χ1n) is 7.83. The molecule has 0 saturated carbocycles. The van der Waals surface area contributed by atoms with E-state index in [1.807, 2.05) is 0 Å². The Morgan fingerprint density at radius 3 is 2.32 bits per heavy atom. The van der Waals surface area contributed by atoms with Crippen molar-refractivity contribution < 1.29 is 26.0 Å². The van der Waals surface area contributed by atoms with Crippen molar-refractivity contribution in [2.75, 3.05) is 6.26 Å². The van der Waals surface area contributed by atoms with Gasteiger partial charge < -0.3 is 0 Å². The van der Waals surface area contributed by atoms with Gasteiger partial charge in [0.1, 0.15) is 27.9 Å². The normalized spacial score (nSPS) is 12.0. The summed E-state index contributed by atoms with van der Waals surface area (Å²) in [5.74, 6) is -2.36. The molecule has 0 saturated heterocycles. The number of sulfone groups is 1. The topological polar surface area (TPSA) is 52.0 Å². The Balaban J connectivity index is 2.27.